The first-order valence-electron chi connectivity index (χ1n) is 6.49. The summed E-state index contributed by atoms with van der Waals surface area (Å²) in [6, 6.07) is 12.7. The molecular formula is C16H13Cl2NO2. The molecule has 1 amide bonds. The standard InChI is InChI=1S/C16H13Cl2NO2/c1-19-15(20)12-4-2-3-5-13(12)16(19)21-9-10-6-7-11(17)8-14(10)18/h2-8,16H,9H2,1H3. The molecule has 0 saturated carbocycles. The summed E-state index contributed by atoms with van der Waals surface area (Å²) in [6.07, 6.45) is -0.388. The normalized spacial score (nSPS) is 17.2. The Labute approximate surface area is 133 Å². The number of carbonyl (C=O) groups excluding carboxylic acids is 1. The summed E-state index contributed by atoms with van der Waals surface area (Å²) in [6.45, 7) is 0.312. The predicted octanol–water partition coefficient (Wildman–Crippen LogP) is 4.29. The second-order valence-electron chi connectivity index (χ2n) is 4.90. The van der Waals surface area contributed by atoms with Crippen molar-refractivity contribution in [2.45, 2.75) is 12.8 Å². The zero-order valence-electron chi connectivity index (χ0n) is 11.3. The van der Waals surface area contributed by atoms with Gasteiger partial charge in [-0.05, 0) is 23.8 Å². The first-order chi connectivity index (χ1) is 10.1. The van der Waals surface area contributed by atoms with E-state index in [0.717, 1.165) is 11.1 Å². The number of halogens is 2. The van der Waals surface area contributed by atoms with Gasteiger partial charge in [0.25, 0.3) is 5.91 Å². The zero-order valence-corrected chi connectivity index (χ0v) is 12.9. The number of ether oxygens (including phenoxy) is 1. The molecule has 0 bridgehead atoms. The largest absolute Gasteiger partial charge is 0.349 e. The van der Waals surface area contributed by atoms with E-state index in [4.69, 9.17) is 27.9 Å². The van der Waals surface area contributed by atoms with Gasteiger partial charge in [0.15, 0.2) is 6.23 Å². The zero-order chi connectivity index (χ0) is 15.0. The molecule has 1 atom stereocenters. The lowest BCUT2D eigenvalue weighted by Gasteiger charge is -2.21. The fraction of sp³-hybridized carbons (Fsp3) is 0.188. The van der Waals surface area contributed by atoms with Gasteiger partial charge < -0.3 is 9.64 Å². The molecule has 0 aliphatic carbocycles. The maximum atomic E-state index is 12.1. The maximum absolute atomic E-state index is 12.1. The van der Waals surface area contributed by atoms with Gasteiger partial charge in [-0.15, -0.1) is 0 Å². The van der Waals surface area contributed by atoms with E-state index in [1.807, 2.05) is 30.3 Å². The Hall–Kier alpha value is -1.55. The van der Waals surface area contributed by atoms with E-state index in [9.17, 15) is 4.79 Å². The fourth-order valence-electron chi connectivity index (χ4n) is 2.42. The summed E-state index contributed by atoms with van der Waals surface area (Å²) >= 11 is 12.0. The summed E-state index contributed by atoms with van der Waals surface area (Å²) in [7, 11) is 1.73. The lowest BCUT2D eigenvalue weighted by Crippen LogP contribution is -2.24. The third-order valence-corrected chi connectivity index (χ3v) is 4.13. The third-order valence-electron chi connectivity index (χ3n) is 3.54. The number of nitrogens with zero attached hydrogens (tertiary/aromatic N) is 1. The van der Waals surface area contributed by atoms with Crippen molar-refractivity contribution >= 4 is 29.1 Å². The van der Waals surface area contributed by atoms with Gasteiger partial charge in [-0.25, -0.2) is 0 Å². The molecule has 0 fully saturated rings. The molecule has 0 spiro atoms. The monoisotopic (exact) mass is 321 g/mol. The molecule has 3 rings (SSSR count). The lowest BCUT2D eigenvalue weighted by atomic mass is 10.1. The number of rotatable bonds is 3. The van der Waals surface area contributed by atoms with E-state index in [0.29, 0.717) is 22.2 Å². The van der Waals surface area contributed by atoms with Crippen molar-refractivity contribution in [3.8, 4) is 0 Å². The number of benzene rings is 2. The van der Waals surface area contributed by atoms with Crippen molar-refractivity contribution in [1.29, 1.82) is 0 Å². The Morgan fingerprint density at radius 1 is 1.19 bits per heavy atom. The quantitative estimate of drug-likeness (QED) is 0.843. The van der Waals surface area contributed by atoms with Gasteiger partial charge in [0.05, 0.1) is 6.61 Å². The Balaban J connectivity index is 1.81. The highest BCUT2D eigenvalue weighted by Gasteiger charge is 2.34. The van der Waals surface area contributed by atoms with Crippen molar-refractivity contribution < 1.29 is 9.53 Å². The minimum absolute atomic E-state index is 0.0298. The Morgan fingerprint density at radius 2 is 1.95 bits per heavy atom. The molecule has 1 aliphatic rings. The predicted molar refractivity (Wildman–Crippen MR) is 82.5 cm³/mol. The summed E-state index contributed by atoms with van der Waals surface area (Å²) in [4.78, 5) is 13.7. The molecule has 0 saturated heterocycles. The molecule has 21 heavy (non-hydrogen) atoms. The number of hydrogen-bond donors (Lipinski definition) is 0. The summed E-state index contributed by atoms with van der Waals surface area (Å²) < 4.78 is 5.90. The topological polar surface area (TPSA) is 29.5 Å². The van der Waals surface area contributed by atoms with E-state index in [2.05, 4.69) is 0 Å². The van der Waals surface area contributed by atoms with Crippen LogP contribution in [0.25, 0.3) is 0 Å². The van der Waals surface area contributed by atoms with Crippen molar-refractivity contribution in [1.82, 2.24) is 4.90 Å². The van der Waals surface area contributed by atoms with Gasteiger partial charge in [-0.1, -0.05) is 47.5 Å². The Morgan fingerprint density at radius 3 is 2.71 bits per heavy atom. The average Bonchev–Trinajstić information content (AvgIpc) is 2.71. The first-order valence-corrected chi connectivity index (χ1v) is 7.25. The number of amides is 1. The van der Waals surface area contributed by atoms with Crippen molar-refractivity contribution in [2.75, 3.05) is 7.05 Å². The van der Waals surface area contributed by atoms with Crippen LogP contribution in [0.2, 0.25) is 10.0 Å². The van der Waals surface area contributed by atoms with Crippen LogP contribution in [0.1, 0.15) is 27.7 Å². The van der Waals surface area contributed by atoms with Gasteiger partial charge in [0.2, 0.25) is 0 Å². The second-order valence-corrected chi connectivity index (χ2v) is 5.75. The molecule has 5 heteroatoms. The highest BCUT2D eigenvalue weighted by Crippen LogP contribution is 2.34. The fourth-order valence-corrected chi connectivity index (χ4v) is 2.88. The molecule has 1 heterocycles. The molecule has 0 N–H and O–H groups in total. The molecule has 108 valence electrons. The summed E-state index contributed by atoms with van der Waals surface area (Å²) in [5.74, 6) is -0.0298. The summed E-state index contributed by atoms with van der Waals surface area (Å²) in [5, 5.41) is 1.14. The van der Waals surface area contributed by atoms with E-state index in [1.54, 1.807) is 24.1 Å². The highest BCUT2D eigenvalue weighted by molar-refractivity contribution is 6.35. The van der Waals surface area contributed by atoms with Crippen LogP contribution >= 0.6 is 23.2 Å². The smallest absolute Gasteiger partial charge is 0.256 e. The first kappa shape index (κ1) is 14.4. The maximum Gasteiger partial charge on any atom is 0.256 e. The van der Waals surface area contributed by atoms with Gasteiger partial charge in [-0.3, -0.25) is 4.79 Å². The van der Waals surface area contributed by atoms with E-state index >= 15 is 0 Å². The lowest BCUT2D eigenvalue weighted by molar-refractivity contribution is -0.0385. The van der Waals surface area contributed by atoms with E-state index in [1.165, 1.54) is 0 Å². The highest BCUT2D eigenvalue weighted by atomic mass is 35.5. The molecule has 0 aromatic heterocycles. The molecular weight excluding hydrogens is 309 g/mol. The number of carbonyl (C=O) groups is 1. The molecule has 1 unspecified atom stereocenters. The van der Waals surface area contributed by atoms with Crippen LogP contribution in [0.3, 0.4) is 0 Å². The minimum atomic E-state index is -0.388. The van der Waals surface area contributed by atoms with Crippen LogP contribution < -0.4 is 0 Å². The number of fused-ring (bicyclic) bond motifs is 1. The Kier molecular flexibility index (Phi) is 3.89. The van der Waals surface area contributed by atoms with Crippen LogP contribution in [-0.4, -0.2) is 17.9 Å². The van der Waals surface area contributed by atoms with Crippen molar-refractivity contribution in [3.63, 3.8) is 0 Å². The van der Waals surface area contributed by atoms with Gasteiger partial charge in [0.1, 0.15) is 0 Å². The van der Waals surface area contributed by atoms with Crippen LogP contribution in [0.15, 0.2) is 42.5 Å². The Bertz CT molecular complexity index is 702. The van der Waals surface area contributed by atoms with Crippen LogP contribution in [0.5, 0.6) is 0 Å². The van der Waals surface area contributed by atoms with E-state index in [-0.39, 0.29) is 12.1 Å². The number of hydrogen-bond acceptors (Lipinski definition) is 2. The molecule has 2 aromatic carbocycles. The SMILES string of the molecule is CN1C(=O)c2ccccc2C1OCc1ccc(Cl)cc1Cl. The minimum Gasteiger partial charge on any atom is -0.349 e. The van der Waals surface area contributed by atoms with E-state index < -0.39 is 0 Å². The molecule has 0 radical (unpaired) electrons. The van der Waals surface area contributed by atoms with Crippen LogP contribution in [0, 0.1) is 0 Å². The summed E-state index contributed by atoms with van der Waals surface area (Å²) in [5.41, 5.74) is 2.41. The van der Waals surface area contributed by atoms with Gasteiger partial charge >= 0.3 is 0 Å². The second kappa shape index (κ2) is 5.68. The molecule has 2 aromatic rings. The average molecular weight is 322 g/mol. The molecule has 1 aliphatic heterocycles. The molecule has 3 nitrogen and oxygen atoms in total. The van der Waals surface area contributed by atoms with Gasteiger partial charge in [-0.2, -0.15) is 0 Å². The van der Waals surface area contributed by atoms with Crippen LogP contribution in [0.4, 0.5) is 0 Å². The van der Waals surface area contributed by atoms with Crippen molar-refractivity contribution in [3.05, 3.63) is 69.2 Å². The van der Waals surface area contributed by atoms with Crippen molar-refractivity contribution in [2.24, 2.45) is 0 Å². The van der Waals surface area contributed by atoms with Crippen LogP contribution in [-0.2, 0) is 11.3 Å². The third kappa shape index (κ3) is 2.64. The van der Waals surface area contributed by atoms with Gasteiger partial charge in [0, 0.05) is 28.2 Å².